The molecule has 0 aliphatic rings. The van der Waals surface area contributed by atoms with Crippen molar-refractivity contribution in [2.75, 3.05) is 0 Å². The molecule has 0 bridgehead atoms. The van der Waals surface area contributed by atoms with Gasteiger partial charge < -0.3 is 0 Å². The second-order valence-electron chi connectivity index (χ2n) is 1.37. The van der Waals surface area contributed by atoms with Crippen LogP contribution in [0.15, 0.2) is 30.3 Å². The smallest absolute Gasteiger partial charge is 0.182 e. The zero-order valence-corrected chi connectivity index (χ0v) is 6.33. The molecule has 0 atom stereocenters. The van der Waals surface area contributed by atoms with Crippen LogP contribution in [0.2, 0.25) is 0 Å². The predicted octanol–water partition coefficient (Wildman–Crippen LogP) is 2.81. The average Bonchev–Trinajstić information content (AvgIpc) is 1.90. The van der Waals surface area contributed by atoms with Gasteiger partial charge in [-0.3, -0.25) is 3.07 Å². The van der Waals surface area contributed by atoms with E-state index in [1.165, 1.54) is 0 Å². The number of hydrogen-bond donors (Lipinski definition) is 0. The third-order valence-electron chi connectivity index (χ3n) is 0.822. The highest BCUT2D eigenvalue weighted by Gasteiger charge is 1.81. The quantitative estimate of drug-likeness (QED) is 0.685. The van der Waals surface area contributed by atoms with Crippen LogP contribution in [-0.4, -0.2) is 0 Å². The fraction of sp³-hybridized carbons (Fsp3) is 0.143. The highest BCUT2D eigenvalue weighted by atomic mass is 127. The molecule has 0 saturated heterocycles. The average molecular weight is 236 g/mol. The van der Waals surface area contributed by atoms with Gasteiger partial charge in [0.15, 0.2) is 21.2 Å². The molecular formula is C7H9IO. The Hall–Kier alpha value is -0.250. The van der Waals surface area contributed by atoms with E-state index in [2.05, 4.69) is 0 Å². The third-order valence-corrected chi connectivity index (χ3v) is 2.05. The lowest BCUT2D eigenvalue weighted by Gasteiger charge is -1.80. The summed E-state index contributed by atoms with van der Waals surface area (Å²) in [7, 11) is 0. The van der Waals surface area contributed by atoms with E-state index in [-0.39, 0.29) is 7.43 Å². The number of rotatable bonds is 1. The van der Waals surface area contributed by atoms with Crippen LogP contribution in [0.4, 0.5) is 0 Å². The molecule has 0 N–H and O–H groups in total. The molecule has 0 aliphatic heterocycles. The summed E-state index contributed by atoms with van der Waals surface area (Å²) in [5.41, 5.74) is 0. The summed E-state index contributed by atoms with van der Waals surface area (Å²) >= 11 is -0.941. The first-order valence-electron chi connectivity index (χ1n) is 2.25. The lowest BCUT2D eigenvalue weighted by atomic mass is 10.4. The summed E-state index contributed by atoms with van der Waals surface area (Å²) < 4.78 is 11.2. The summed E-state index contributed by atoms with van der Waals surface area (Å²) in [5, 5.41) is 0. The van der Waals surface area contributed by atoms with E-state index >= 15 is 0 Å². The monoisotopic (exact) mass is 236 g/mol. The molecule has 1 aromatic carbocycles. The van der Waals surface area contributed by atoms with Gasteiger partial charge in [-0.2, -0.15) is 0 Å². The first-order chi connectivity index (χ1) is 3.93. The zero-order chi connectivity index (χ0) is 5.82. The van der Waals surface area contributed by atoms with Crippen molar-refractivity contribution >= 4 is 21.2 Å². The van der Waals surface area contributed by atoms with Gasteiger partial charge in [0.1, 0.15) is 0 Å². The number of halogens is 1. The van der Waals surface area contributed by atoms with Gasteiger partial charge in [-0.1, -0.05) is 25.6 Å². The van der Waals surface area contributed by atoms with Crippen molar-refractivity contribution in [1.29, 1.82) is 0 Å². The third kappa shape index (κ3) is 2.70. The van der Waals surface area contributed by atoms with Gasteiger partial charge in [0, 0.05) is 3.57 Å². The summed E-state index contributed by atoms with van der Waals surface area (Å²) in [6, 6.07) is 9.46. The Morgan fingerprint density at radius 3 is 2.00 bits per heavy atom. The number of hydrogen-bond acceptors (Lipinski definition) is 1. The largest absolute Gasteiger partial charge is 0.265 e. The maximum atomic E-state index is 10.2. The standard InChI is InChI=1S/C6H5IO.CH4/c8-7-6-4-2-1-3-5-6;/h1-5H;1H4. The van der Waals surface area contributed by atoms with Gasteiger partial charge in [0.2, 0.25) is 0 Å². The molecule has 1 aromatic rings. The van der Waals surface area contributed by atoms with Crippen molar-refractivity contribution in [2.45, 2.75) is 7.43 Å². The van der Waals surface area contributed by atoms with Crippen LogP contribution in [0, 0.1) is 3.57 Å². The molecule has 0 radical (unpaired) electrons. The van der Waals surface area contributed by atoms with Crippen LogP contribution in [0.5, 0.6) is 0 Å². The summed E-state index contributed by atoms with van der Waals surface area (Å²) in [6.07, 6.45) is 0. The fourth-order valence-electron chi connectivity index (χ4n) is 0.466. The van der Waals surface area contributed by atoms with Gasteiger partial charge in [-0.25, -0.2) is 0 Å². The molecule has 1 nitrogen and oxygen atoms in total. The highest BCUT2D eigenvalue weighted by Crippen LogP contribution is 2.06. The Morgan fingerprint density at radius 1 is 1.11 bits per heavy atom. The van der Waals surface area contributed by atoms with Gasteiger partial charge in [-0.15, -0.1) is 0 Å². The molecule has 9 heavy (non-hydrogen) atoms. The molecule has 0 spiro atoms. The molecule has 0 saturated carbocycles. The predicted molar refractivity (Wildman–Crippen MR) is 46.6 cm³/mol. The lowest BCUT2D eigenvalue weighted by Crippen LogP contribution is -1.63. The fourth-order valence-corrected chi connectivity index (χ4v) is 1.17. The van der Waals surface area contributed by atoms with E-state index in [9.17, 15) is 3.07 Å². The van der Waals surface area contributed by atoms with Crippen LogP contribution in [0.25, 0.3) is 0 Å². The van der Waals surface area contributed by atoms with Gasteiger partial charge >= 0.3 is 0 Å². The summed E-state index contributed by atoms with van der Waals surface area (Å²) in [5.74, 6) is 0. The van der Waals surface area contributed by atoms with Crippen LogP contribution in [0.1, 0.15) is 7.43 Å². The van der Waals surface area contributed by atoms with E-state index in [1.807, 2.05) is 30.3 Å². The Labute approximate surface area is 65.7 Å². The Balaban J connectivity index is 0.000000640. The minimum atomic E-state index is -0.941. The summed E-state index contributed by atoms with van der Waals surface area (Å²) in [4.78, 5) is 0. The lowest BCUT2D eigenvalue weighted by molar-refractivity contribution is 0.648. The molecule has 0 aliphatic carbocycles. The van der Waals surface area contributed by atoms with Crippen LogP contribution >= 0.6 is 21.2 Å². The highest BCUT2D eigenvalue weighted by molar-refractivity contribution is 14.1. The molecule has 0 heterocycles. The van der Waals surface area contributed by atoms with Crippen LogP contribution in [0.3, 0.4) is 0 Å². The Morgan fingerprint density at radius 2 is 1.67 bits per heavy atom. The maximum Gasteiger partial charge on any atom is 0.182 e. The molecule has 0 amide bonds. The van der Waals surface area contributed by atoms with E-state index in [0.29, 0.717) is 0 Å². The van der Waals surface area contributed by atoms with Crippen molar-refractivity contribution < 1.29 is 3.07 Å². The molecule has 0 unspecified atom stereocenters. The normalized spacial score (nSPS) is 8.00. The Kier molecular flexibility index (Phi) is 4.48. The van der Waals surface area contributed by atoms with Gasteiger partial charge in [0.25, 0.3) is 0 Å². The first kappa shape index (κ1) is 8.75. The molecule has 50 valence electrons. The summed E-state index contributed by atoms with van der Waals surface area (Å²) in [6.45, 7) is 0. The van der Waals surface area contributed by atoms with Crippen molar-refractivity contribution in [1.82, 2.24) is 0 Å². The van der Waals surface area contributed by atoms with Crippen molar-refractivity contribution in [3.05, 3.63) is 33.9 Å². The Bertz CT molecular complexity index is 172. The van der Waals surface area contributed by atoms with Crippen molar-refractivity contribution in [3.63, 3.8) is 0 Å². The SMILES string of the molecule is C.O=Ic1ccccc1. The second kappa shape index (κ2) is 4.61. The minimum Gasteiger partial charge on any atom is -0.265 e. The van der Waals surface area contributed by atoms with Crippen LogP contribution in [-0.2, 0) is 3.07 Å². The van der Waals surface area contributed by atoms with E-state index in [1.54, 1.807) is 0 Å². The van der Waals surface area contributed by atoms with Gasteiger partial charge in [-0.05, 0) is 12.1 Å². The van der Waals surface area contributed by atoms with E-state index in [0.717, 1.165) is 3.57 Å². The maximum absolute atomic E-state index is 10.2. The number of benzene rings is 1. The van der Waals surface area contributed by atoms with E-state index < -0.39 is 21.2 Å². The topological polar surface area (TPSA) is 17.1 Å². The minimum absolute atomic E-state index is 0. The van der Waals surface area contributed by atoms with Gasteiger partial charge in [0.05, 0.1) is 0 Å². The molecule has 2 heteroatoms. The van der Waals surface area contributed by atoms with Crippen LogP contribution < -0.4 is 0 Å². The first-order valence-corrected chi connectivity index (χ1v) is 4.21. The van der Waals surface area contributed by atoms with Crippen molar-refractivity contribution in [3.8, 4) is 0 Å². The molecule has 0 aromatic heterocycles. The zero-order valence-electron chi connectivity index (χ0n) is 4.17. The molecule has 1 rings (SSSR count). The molecular weight excluding hydrogens is 227 g/mol. The van der Waals surface area contributed by atoms with Crippen molar-refractivity contribution in [2.24, 2.45) is 0 Å². The second-order valence-corrected chi connectivity index (χ2v) is 3.06. The van der Waals surface area contributed by atoms with E-state index in [4.69, 9.17) is 0 Å². The molecule has 0 fully saturated rings.